The summed E-state index contributed by atoms with van der Waals surface area (Å²) in [5.41, 5.74) is 5.75. The van der Waals surface area contributed by atoms with Crippen molar-refractivity contribution in [2.24, 2.45) is 0 Å². The van der Waals surface area contributed by atoms with Gasteiger partial charge < -0.3 is 20.1 Å². The Kier molecular flexibility index (Phi) is 5.58. The lowest BCUT2D eigenvalue weighted by Gasteiger charge is -2.27. The van der Waals surface area contributed by atoms with E-state index >= 15 is 0 Å². The molecule has 0 saturated carbocycles. The first-order chi connectivity index (χ1) is 15.0. The number of carbonyl (C=O) groups is 3. The maximum Gasteiger partial charge on any atom is 0.337 e. The van der Waals surface area contributed by atoms with Crippen LogP contribution in [0.3, 0.4) is 0 Å². The van der Waals surface area contributed by atoms with Crippen LogP contribution in [0.2, 0.25) is 0 Å². The molecule has 0 radical (unpaired) electrons. The highest BCUT2D eigenvalue weighted by molar-refractivity contribution is 5.90. The molecule has 2 N–H and O–H groups in total. The number of methoxy groups -OCH3 is 2. The number of hydrogen-bond donors (Lipinski definition) is 2. The number of benzene rings is 2. The lowest BCUT2D eigenvalue weighted by molar-refractivity contribution is 0.0592. The van der Waals surface area contributed by atoms with E-state index in [-0.39, 0.29) is 18.0 Å². The van der Waals surface area contributed by atoms with E-state index in [1.807, 2.05) is 30.3 Å². The molecule has 2 aliphatic rings. The van der Waals surface area contributed by atoms with Crippen LogP contribution in [0, 0.1) is 0 Å². The summed E-state index contributed by atoms with van der Waals surface area (Å²) in [6.07, 6.45) is 3.62. The lowest BCUT2D eigenvalue weighted by Crippen LogP contribution is -2.43. The van der Waals surface area contributed by atoms with E-state index < -0.39 is 5.97 Å². The molecule has 0 saturated heterocycles. The van der Waals surface area contributed by atoms with Crippen molar-refractivity contribution in [3.05, 3.63) is 87.6 Å². The maximum atomic E-state index is 12.4. The SMILES string of the molecule is COC(=O)c1ccc(/C=C2\CCC3=C2NC(=O)NC3c2ccc(C(=O)OC)cc2)cc1. The molecule has 1 atom stereocenters. The zero-order chi connectivity index (χ0) is 22.0. The Bertz CT molecular complexity index is 1100. The summed E-state index contributed by atoms with van der Waals surface area (Å²) in [5.74, 6) is -0.776. The molecule has 4 rings (SSSR count). The molecule has 31 heavy (non-hydrogen) atoms. The van der Waals surface area contributed by atoms with E-state index in [2.05, 4.69) is 10.6 Å². The van der Waals surface area contributed by atoms with Gasteiger partial charge in [-0.25, -0.2) is 14.4 Å². The largest absolute Gasteiger partial charge is 0.465 e. The number of nitrogens with one attached hydrogen (secondary N) is 2. The molecule has 1 aliphatic heterocycles. The Balaban J connectivity index is 1.62. The van der Waals surface area contributed by atoms with Gasteiger partial charge in [0.15, 0.2) is 0 Å². The van der Waals surface area contributed by atoms with Crippen LogP contribution in [-0.2, 0) is 9.47 Å². The minimum absolute atomic E-state index is 0.261. The van der Waals surface area contributed by atoms with Crippen LogP contribution in [-0.4, -0.2) is 32.2 Å². The number of rotatable bonds is 4. The zero-order valence-electron chi connectivity index (χ0n) is 17.2. The molecule has 158 valence electrons. The number of allylic oxidation sites excluding steroid dienone is 1. The Labute approximate surface area is 179 Å². The Morgan fingerprint density at radius 3 is 2.06 bits per heavy atom. The molecule has 2 amide bonds. The third kappa shape index (κ3) is 4.07. The van der Waals surface area contributed by atoms with Gasteiger partial charge in [0, 0.05) is 5.70 Å². The molecule has 1 unspecified atom stereocenters. The maximum absolute atomic E-state index is 12.4. The number of urea groups is 1. The predicted octanol–water partition coefficient (Wildman–Crippen LogP) is 3.75. The number of carbonyl (C=O) groups excluding carboxylic acids is 3. The first-order valence-electron chi connectivity index (χ1n) is 9.88. The first-order valence-corrected chi connectivity index (χ1v) is 9.88. The fourth-order valence-corrected chi connectivity index (χ4v) is 3.94. The average molecular weight is 418 g/mol. The van der Waals surface area contributed by atoms with Crippen molar-refractivity contribution in [2.75, 3.05) is 14.2 Å². The van der Waals surface area contributed by atoms with Crippen LogP contribution in [0.25, 0.3) is 6.08 Å². The van der Waals surface area contributed by atoms with Gasteiger partial charge in [0.05, 0.1) is 31.4 Å². The molecule has 7 heteroatoms. The standard InChI is InChI=1S/C24H22N2O5/c1-30-22(27)16-5-3-14(4-6-16)13-18-11-12-19-20(25-24(29)26-21(18)19)15-7-9-17(10-8-15)23(28)31-2/h3-10,13,20H,11-12H2,1-2H3,(H2,25,26,29)/b18-13+. The van der Waals surface area contributed by atoms with Crippen LogP contribution >= 0.6 is 0 Å². The monoisotopic (exact) mass is 418 g/mol. The second kappa shape index (κ2) is 8.47. The molecule has 7 nitrogen and oxygen atoms in total. The predicted molar refractivity (Wildman–Crippen MR) is 114 cm³/mol. The Morgan fingerprint density at radius 2 is 1.48 bits per heavy atom. The van der Waals surface area contributed by atoms with Crippen LogP contribution in [0.1, 0.15) is 50.7 Å². The third-order valence-corrected chi connectivity index (χ3v) is 5.51. The Morgan fingerprint density at radius 1 is 0.903 bits per heavy atom. The normalized spacial score (nSPS) is 18.8. The smallest absolute Gasteiger partial charge is 0.337 e. The van der Waals surface area contributed by atoms with E-state index in [4.69, 9.17) is 9.47 Å². The molecule has 0 fully saturated rings. The van der Waals surface area contributed by atoms with Crippen LogP contribution in [0.5, 0.6) is 0 Å². The minimum Gasteiger partial charge on any atom is -0.465 e. The molecule has 0 bridgehead atoms. The van der Waals surface area contributed by atoms with Crippen LogP contribution < -0.4 is 10.6 Å². The Hall–Kier alpha value is -3.87. The van der Waals surface area contributed by atoms with Gasteiger partial charge in [-0.3, -0.25) is 0 Å². The van der Waals surface area contributed by atoms with E-state index in [1.165, 1.54) is 14.2 Å². The van der Waals surface area contributed by atoms with Crippen molar-refractivity contribution < 1.29 is 23.9 Å². The molecule has 1 heterocycles. The molecular formula is C24H22N2O5. The summed E-state index contributed by atoms with van der Waals surface area (Å²) in [4.78, 5) is 35.7. The van der Waals surface area contributed by atoms with Gasteiger partial charge in [0.25, 0.3) is 0 Å². The highest BCUT2D eigenvalue weighted by atomic mass is 16.5. The molecule has 0 spiro atoms. The van der Waals surface area contributed by atoms with Gasteiger partial charge in [0.1, 0.15) is 0 Å². The van der Waals surface area contributed by atoms with Crippen molar-refractivity contribution in [3.63, 3.8) is 0 Å². The van der Waals surface area contributed by atoms with Crippen molar-refractivity contribution in [3.8, 4) is 0 Å². The lowest BCUT2D eigenvalue weighted by atomic mass is 9.95. The van der Waals surface area contributed by atoms with Gasteiger partial charge in [-0.2, -0.15) is 0 Å². The fourth-order valence-electron chi connectivity index (χ4n) is 3.94. The number of esters is 2. The minimum atomic E-state index is -0.398. The summed E-state index contributed by atoms with van der Waals surface area (Å²) >= 11 is 0. The fraction of sp³-hybridized carbons (Fsp3) is 0.208. The summed E-state index contributed by atoms with van der Waals surface area (Å²) in [6.45, 7) is 0. The second-order valence-corrected chi connectivity index (χ2v) is 7.33. The first kappa shape index (κ1) is 20.4. The van der Waals surface area contributed by atoms with Crippen molar-refractivity contribution in [1.29, 1.82) is 0 Å². The quantitative estimate of drug-likeness (QED) is 0.738. The number of amides is 2. The van der Waals surface area contributed by atoms with Crippen molar-refractivity contribution in [1.82, 2.24) is 10.6 Å². The summed E-state index contributed by atoms with van der Waals surface area (Å²) < 4.78 is 9.48. The van der Waals surface area contributed by atoms with Gasteiger partial charge >= 0.3 is 18.0 Å². The van der Waals surface area contributed by atoms with Crippen LogP contribution in [0.4, 0.5) is 4.79 Å². The van der Waals surface area contributed by atoms with Crippen molar-refractivity contribution in [2.45, 2.75) is 18.9 Å². The van der Waals surface area contributed by atoms with Crippen molar-refractivity contribution >= 4 is 24.0 Å². The molecule has 0 aromatic heterocycles. The van der Waals surface area contributed by atoms with E-state index in [9.17, 15) is 14.4 Å². The van der Waals surface area contributed by atoms with E-state index in [0.717, 1.165) is 40.8 Å². The van der Waals surface area contributed by atoms with Crippen LogP contribution in [0.15, 0.2) is 65.4 Å². The molecule has 2 aromatic carbocycles. The third-order valence-electron chi connectivity index (χ3n) is 5.51. The molecule has 1 aliphatic carbocycles. The van der Waals surface area contributed by atoms with Gasteiger partial charge in [0.2, 0.25) is 0 Å². The van der Waals surface area contributed by atoms with E-state index in [1.54, 1.807) is 24.3 Å². The number of hydrogen-bond acceptors (Lipinski definition) is 5. The highest BCUT2D eigenvalue weighted by Crippen LogP contribution is 2.40. The molecule has 2 aromatic rings. The summed E-state index contributed by atoms with van der Waals surface area (Å²) in [6, 6.07) is 13.7. The topological polar surface area (TPSA) is 93.7 Å². The highest BCUT2D eigenvalue weighted by Gasteiger charge is 2.33. The van der Waals surface area contributed by atoms with Gasteiger partial charge in [-0.15, -0.1) is 0 Å². The zero-order valence-corrected chi connectivity index (χ0v) is 17.2. The summed E-state index contributed by atoms with van der Waals surface area (Å²) in [5, 5.41) is 5.91. The van der Waals surface area contributed by atoms with E-state index in [0.29, 0.717) is 11.1 Å². The van der Waals surface area contributed by atoms with Gasteiger partial charge in [-0.05, 0) is 65.5 Å². The second-order valence-electron chi connectivity index (χ2n) is 7.33. The summed E-state index contributed by atoms with van der Waals surface area (Å²) in [7, 11) is 2.69. The molecular weight excluding hydrogens is 396 g/mol. The number of ether oxygens (including phenoxy) is 2. The van der Waals surface area contributed by atoms with Gasteiger partial charge in [-0.1, -0.05) is 24.3 Å². The average Bonchev–Trinajstić information content (AvgIpc) is 3.20.